The Morgan fingerprint density at radius 3 is 1.68 bits per heavy atom. The van der Waals surface area contributed by atoms with Crippen LogP contribution >= 0.6 is 0 Å². The zero-order valence-corrected chi connectivity index (χ0v) is 20.7. The van der Waals surface area contributed by atoms with Crippen LogP contribution in [0.1, 0.15) is 74.0 Å². The number of hydrogen-bond donors (Lipinski definition) is 3. The molecule has 1 aliphatic carbocycles. The predicted molar refractivity (Wildman–Crippen MR) is 146 cm³/mol. The normalized spacial score (nSPS) is 17.8. The maximum absolute atomic E-state index is 13.5. The topological polar surface area (TPSA) is 121 Å². The summed E-state index contributed by atoms with van der Waals surface area (Å²) in [5.74, 6) is -1.95. The van der Waals surface area contributed by atoms with Crippen molar-refractivity contribution in [3.8, 4) is 0 Å². The standard InChI is InChI=1S/C31H25NO6/c1-15-2-5-17(6-3-15)32-29(34)22-11-8-20-19-9-12-23(30(35)36)25-16(14-33)4-7-18(26(19)25)21-10-13-24(31(37)38)28(22)27(20)21/h4,7-15,17H,2-3,5-6H2,1H3,(H,32,34)(H,35,36)(H,37,38). The molecule has 38 heavy (non-hydrogen) atoms. The van der Waals surface area contributed by atoms with Gasteiger partial charge in [0.15, 0.2) is 6.29 Å². The summed E-state index contributed by atoms with van der Waals surface area (Å²) >= 11 is 0. The highest BCUT2D eigenvalue weighted by atomic mass is 16.4. The van der Waals surface area contributed by atoms with Gasteiger partial charge in [-0.1, -0.05) is 37.3 Å². The zero-order chi connectivity index (χ0) is 26.7. The molecule has 5 aromatic carbocycles. The molecule has 0 aromatic heterocycles. The predicted octanol–water partition coefficient (Wildman–Crippen LogP) is 6.25. The van der Waals surface area contributed by atoms with Gasteiger partial charge < -0.3 is 15.5 Å². The van der Waals surface area contributed by atoms with Crippen LogP contribution in [-0.2, 0) is 0 Å². The van der Waals surface area contributed by atoms with E-state index in [1.165, 1.54) is 12.1 Å². The smallest absolute Gasteiger partial charge is 0.336 e. The number of carbonyl (C=O) groups is 4. The zero-order valence-electron chi connectivity index (χ0n) is 20.7. The van der Waals surface area contributed by atoms with E-state index in [4.69, 9.17) is 0 Å². The van der Waals surface area contributed by atoms with Gasteiger partial charge in [-0.2, -0.15) is 0 Å². The van der Waals surface area contributed by atoms with Gasteiger partial charge in [0.25, 0.3) is 5.91 Å². The fourth-order valence-corrected chi connectivity index (χ4v) is 6.23. The number of carboxylic acid groups (broad SMARTS) is 2. The lowest BCUT2D eigenvalue weighted by atomic mass is 9.84. The van der Waals surface area contributed by atoms with Crippen molar-refractivity contribution in [1.29, 1.82) is 0 Å². The molecule has 0 saturated heterocycles. The summed E-state index contributed by atoms with van der Waals surface area (Å²) in [5, 5.41) is 27.8. The van der Waals surface area contributed by atoms with Crippen LogP contribution < -0.4 is 5.32 Å². The average molecular weight is 508 g/mol. The van der Waals surface area contributed by atoms with Crippen LogP contribution in [0.15, 0.2) is 48.5 Å². The molecule has 7 heteroatoms. The molecule has 5 aromatic rings. The van der Waals surface area contributed by atoms with Crippen LogP contribution in [0.4, 0.5) is 0 Å². The molecule has 6 rings (SSSR count). The SMILES string of the molecule is CC1CCC(NC(=O)c2ccc3c4ccc(C(=O)O)c5c(C=O)ccc(c6ccc(C(=O)O)c2c63)c54)CC1. The Morgan fingerprint density at radius 2 is 1.16 bits per heavy atom. The highest BCUT2D eigenvalue weighted by Crippen LogP contribution is 2.43. The van der Waals surface area contributed by atoms with E-state index in [2.05, 4.69) is 12.2 Å². The number of rotatable bonds is 5. The minimum atomic E-state index is -1.14. The molecular weight excluding hydrogens is 482 g/mol. The summed E-state index contributed by atoms with van der Waals surface area (Å²) in [4.78, 5) is 49.8. The van der Waals surface area contributed by atoms with E-state index in [0.717, 1.165) is 25.7 Å². The minimum absolute atomic E-state index is 0.0207. The third-order valence-electron chi connectivity index (χ3n) is 8.12. The van der Waals surface area contributed by atoms with Crippen molar-refractivity contribution in [3.63, 3.8) is 0 Å². The first-order valence-corrected chi connectivity index (χ1v) is 12.7. The number of hydrogen-bond acceptors (Lipinski definition) is 4. The molecule has 3 N–H and O–H groups in total. The Bertz CT molecular complexity index is 1790. The second-order valence-electron chi connectivity index (χ2n) is 10.3. The molecule has 1 fully saturated rings. The number of aromatic carboxylic acids is 2. The number of carbonyl (C=O) groups excluding carboxylic acids is 2. The quantitative estimate of drug-likeness (QED) is 0.147. The Labute approximate surface area is 217 Å². The lowest BCUT2D eigenvalue weighted by molar-refractivity contribution is 0.0688. The summed E-state index contributed by atoms with van der Waals surface area (Å²) in [7, 11) is 0. The fraction of sp³-hybridized carbons (Fsp3) is 0.226. The summed E-state index contributed by atoms with van der Waals surface area (Å²) < 4.78 is 0. The van der Waals surface area contributed by atoms with E-state index < -0.39 is 11.9 Å². The molecule has 0 heterocycles. The number of aldehydes is 1. The third kappa shape index (κ3) is 3.49. The van der Waals surface area contributed by atoms with Gasteiger partial charge in [-0.25, -0.2) is 9.59 Å². The highest BCUT2D eigenvalue weighted by Gasteiger charge is 2.26. The van der Waals surface area contributed by atoms with Crippen LogP contribution in [0, 0.1) is 5.92 Å². The Kier molecular flexibility index (Phi) is 5.52. The van der Waals surface area contributed by atoms with E-state index in [0.29, 0.717) is 60.9 Å². The molecule has 1 amide bonds. The van der Waals surface area contributed by atoms with Crippen LogP contribution in [-0.4, -0.2) is 40.4 Å². The van der Waals surface area contributed by atoms with Gasteiger partial charge >= 0.3 is 11.9 Å². The van der Waals surface area contributed by atoms with Gasteiger partial charge in [-0.15, -0.1) is 0 Å². The van der Waals surface area contributed by atoms with Crippen LogP contribution in [0.25, 0.3) is 43.1 Å². The molecule has 1 aliphatic rings. The van der Waals surface area contributed by atoms with E-state index in [-0.39, 0.29) is 28.6 Å². The van der Waals surface area contributed by atoms with Crippen molar-refractivity contribution >= 4 is 67.2 Å². The summed E-state index contributed by atoms with van der Waals surface area (Å²) in [6, 6.07) is 13.2. The van der Waals surface area contributed by atoms with Gasteiger partial charge in [0.2, 0.25) is 0 Å². The van der Waals surface area contributed by atoms with Crippen molar-refractivity contribution < 1.29 is 29.4 Å². The number of amides is 1. The van der Waals surface area contributed by atoms with Gasteiger partial charge in [0.05, 0.1) is 11.1 Å². The Hall–Kier alpha value is -4.52. The average Bonchev–Trinajstić information content (AvgIpc) is 2.91. The van der Waals surface area contributed by atoms with Crippen molar-refractivity contribution in [2.75, 3.05) is 0 Å². The minimum Gasteiger partial charge on any atom is -0.478 e. The van der Waals surface area contributed by atoms with Crippen molar-refractivity contribution in [2.45, 2.75) is 38.6 Å². The molecule has 0 spiro atoms. The van der Waals surface area contributed by atoms with Gasteiger partial charge in [-0.3, -0.25) is 9.59 Å². The van der Waals surface area contributed by atoms with Crippen molar-refractivity contribution in [2.24, 2.45) is 5.92 Å². The number of fused-ring (bicyclic) bond motifs is 2. The lowest BCUT2D eigenvalue weighted by Gasteiger charge is -2.27. The van der Waals surface area contributed by atoms with Crippen molar-refractivity contribution in [3.05, 3.63) is 70.8 Å². The first-order chi connectivity index (χ1) is 18.3. The maximum Gasteiger partial charge on any atom is 0.336 e. The Balaban J connectivity index is 1.68. The van der Waals surface area contributed by atoms with E-state index in [1.54, 1.807) is 36.4 Å². The summed E-state index contributed by atoms with van der Waals surface area (Å²) in [6.45, 7) is 2.21. The third-order valence-corrected chi connectivity index (χ3v) is 8.12. The van der Waals surface area contributed by atoms with Crippen LogP contribution in [0.2, 0.25) is 0 Å². The summed E-state index contributed by atoms with van der Waals surface area (Å²) in [6.07, 6.45) is 4.50. The van der Waals surface area contributed by atoms with E-state index >= 15 is 0 Å². The molecule has 190 valence electrons. The molecule has 1 saturated carbocycles. The van der Waals surface area contributed by atoms with E-state index in [1.807, 2.05) is 0 Å². The second kappa shape index (κ2) is 8.80. The largest absolute Gasteiger partial charge is 0.478 e. The van der Waals surface area contributed by atoms with Crippen LogP contribution in [0.5, 0.6) is 0 Å². The maximum atomic E-state index is 13.5. The van der Waals surface area contributed by atoms with Crippen molar-refractivity contribution in [1.82, 2.24) is 5.32 Å². The number of nitrogens with one attached hydrogen (secondary N) is 1. The van der Waals surface area contributed by atoms with Crippen LogP contribution in [0.3, 0.4) is 0 Å². The number of carboxylic acids is 2. The molecule has 0 radical (unpaired) electrons. The monoisotopic (exact) mass is 507 g/mol. The first kappa shape index (κ1) is 23.9. The summed E-state index contributed by atoms with van der Waals surface area (Å²) in [5.41, 5.74) is 0.613. The van der Waals surface area contributed by atoms with Gasteiger partial charge in [0, 0.05) is 27.9 Å². The molecule has 0 aliphatic heterocycles. The first-order valence-electron chi connectivity index (χ1n) is 12.7. The molecule has 7 nitrogen and oxygen atoms in total. The highest BCUT2D eigenvalue weighted by molar-refractivity contribution is 6.37. The molecule has 0 atom stereocenters. The van der Waals surface area contributed by atoms with Gasteiger partial charge in [-0.05, 0) is 82.1 Å². The lowest BCUT2D eigenvalue weighted by Crippen LogP contribution is -2.37. The Morgan fingerprint density at radius 1 is 0.684 bits per heavy atom. The fourth-order valence-electron chi connectivity index (χ4n) is 6.23. The molecule has 0 unspecified atom stereocenters. The second-order valence-corrected chi connectivity index (χ2v) is 10.3. The number of benzene rings is 5. The van der Waals surface area contributed by atoms with Gasteiger partial charge in [0.1, 0.15) is 0 Å². The molecular formula is C31H25NO6. The van der Waals surface area contributed by atoms with E-state index in [9.17, 15) is 29.4 Å². The molecule has 0 bridgehead atoms.